The number of hydrogen-bond acceptors (Lipinski definition) is 2. The van der Waals surface area contributed by atoms with Crippen LogP contribution >= 0.6 is 0 Å². The van der Waals surface area contributed by atoms with Gasteiger partial charge in [-0.1, -0.05) is 133 Å². The van der Waals surface area contributed by atoms with Crippen LogP contribution < -0.4 is 0 Å². The molecule has 0 unspecified atom stereocenters. The Morgan fingerprint density at radius 3 is 0.776 bits per heavy atom. The molecule has 0 bridgehead atoms. The van der Waals surface area contributed by atoms with Gasteiger partial charge >= 0.3 is 0 Å². The third kappa shape index (κ3) is 4.54. The SMILES string of the molecule is Cc1cccc(C)c1C1=N/C(=C2/N=C(c3c(C)cccc3C)c3cc4c5ccccc5c5ccccc5c4cc32)c2cc3c4ccccc4c4ccccc4c3cc21. The van der Waals surface area contributed by atoms with E-state index in [0.29, 0.717) is 0 Å². The van der Waals surface area contributed by atoms with Gasteiger partial charge in [0.15, 0.2) is 0 Å². The molecule has 0 amide bonds. The fourth-order valence-electron chi connectivity index (χ4n) is 10.3. The van der Waals surface area contributed by atoms with E-state index < -0.39 is 0 Å². The molecule has 2 heteroatoms. The molecule has 2 nitrogen and oxygen atoms in total. The van der Waals surface area contributed by atoms with Gasteiger partial charge in [0.1, 0.15) is 0 Å². The Hall–Kier alpha value is -7.16. The normalized spacial score (nSPS) is 14.9. The zero-order valence-electron chi connectivity index (χ0n) is 32.9. The van der Waals surface area contributed by atoms with Crippen molar-refractivity contribution in [3.05, 3.63) is 213 Å². The molecule has 10 aromatic carbocycles. The summed E-state index contributed by atoms with van der Waals surface area (Å²) >= 11 is 0. The van der Waals surface area contributed by atoms with E-state index in [9.17, 15) is 0 Å². The van der Waals surface area contributed by atoms with Gasteiger partial charge in [0.05, 0.1) is 22.8 Å². The van der Waals surface area contributed by atoms with Crippen LogP contribution in [0, 0.1) is 27.7 Å². The van der Waals surface area contributed by atoms with Crippen molar-refractivity contribution in [1.82, 2.24) is 0 Å². The number of rotatable bonds is 2. The van der Waals surface area contributed by atoms with Gasteiger partial charge in [-0.15, -0.1) is 0 Å². The van der Waals surface area contributed by atoms with Gasteiger partial charge in [-0.25, -0.2) is 9.98 Å². The number of benzene rings is 10. The number of hydrogen-bond donors (Lipinski definition) is 0. The van der Waals surface area contributed by atoms with Gasteiger partial charge in [-0.3, -0.25) is 0 Å². The highest BCUT2D eigenvalue weighted by molar-refractivity contribution is 6.34. The molecule has 2 aliphatic rings. The van der Waals surface area contributed by atoms with Gasteiger partial charge in [-0.2, -0.15) is 0 Å². The van der Waals surface area contributed by atoms with Crippen molar-refractivity contribution in [2.75, 3.05) is 0 Å². The smallest absolute Gasteiger partial charge is 0.0979 e. The Kier molecular flexibility index (Phi) is 6.93. The molecule has 0 aliphatic carbocycles. The molecule has 2 aliphatic heterocycles. The Bertz CT molecular complexity index is 3320. The maximum absolute atomic E-state index is 5.77. The minimum Gasteiger partial charge on any atom is -0.245 e. The van der Waals surface area contributed by atoms with Crippen molar-refractivity contribution in [3.8, 4) is 0 Å². The van der Waals surface area contributed by atoms with Crippen molar-refractivity contribution in [2.24, 2.45) is 9.98 Å². The minimum atomic E-state index is 0.929. The average molecular weight is 739 g/mol. The maximum atomic E-state index is 5.77. The predicted octanol–water partition coefficient (Wildman–Crippen LogP) is 14.4. The second-order valence-corrected chi connectivity index (χ2v) is 16.2. The molecule has 0 fully saturated rings. The lowest BCUT2D eigenvalue weighted by Crippen LogP contribution is -2.06. The maximum Gasteiger partial charge on any atom is 0.0979 e. The van der Waals surface area contributed by atoms with E-state index in [1.165, 1.54) is 98.0 Å². The van der Waals surface area contributed by atoms with E-state index in [2.05, 4.69) is 185 Å². The first-order valence-electron chi connectivity index (χ1n) is 20.3. The third-order valence-electron chi connectivity index (χ3n) is 12.9. The molecule has 0 atom stereocenters. The molecular formula is C56H38N2. The Morgan fingerprint density at radius 2 is 0.500 bits per heavy atom. The Morgan fingerprint density at radius 1 is 0.259 bits per heavy atom. The zero-order chi connectivity index (χ0) is 38.8. The number of aliphatic imine (C=N–C) groups is 2. The van der Waals surface area contributed by atoms with Crippen LogP contribution in [0.25, 0.3) is 76.0 Å². The van der Waals surface area contributed by atoms with Gasteiger partial charge in [0.2, 0.25) is 0 Å². The van der Waals surface area contributed by atoms with E-state index in [1.54, 1.807) is 0 Å². The molecule has 10 aromatic rings. The Balaban J connectivity index is 1.26. The highest BCUT2D eigenvalue weighted by atomic mass is 14.9. The Labute approximate surface area is 337 Å². The summed E-state index contributed by atoms with van der Waals surface area (Å²) in [7, 11) is 0. The van der Waals surface area contributed by atoms with Gasteiger partial charge in [-0.05, 0) is 139 Å². The summed E-state index contributed by atoms with van der Waals surface area (Å²) in [5.74, 6) is 0. The monoisotopic (exact) mass is 738 g/mol. The first-order valence-corrected chi connectivity index (χ1v) is 20.3. The second-order valence-electron chi connectivity index (χ2n) is 16.2. The second kappa shape index (κ2) is 12.2. The van der Waals surface area contributed by atoms with Crippen LogP contribution in [0.1, 0.15) is 55.6 Å². The quantitative estimate of drug-likeness (QED) is 0.158. The van der Waals surface area contributed by atoms with Gasteiger partial charge < -0.3 is 0 Å². The molecule has 0 radical (unpaired) electrons. The lowest BCUT2D eigenvalue weighted by molar-refractivity contribution is 1.35. The topological polar surface area (TPSA) is 24.7 Å². The summed E-state index contributed by atoms with van der Waals surface area (Å²) in [4.78, 5) is 11.5. The lowest BCUT2D eigenvalue weighted by atomic mass is 9.86. The summed E-state index contributed by atoms with van der Waals surface area (Å²) < 4.78 is 0. The van der Waals surface area contributed by atoms with Crippen molar-refractivity contribution in [2.45, 2.75) is 27.7 Å². The van der Waals surface area contributed by atoms with Crippen LogP contribution in [0.4, 0.5) is 0 Å². The molecule has 58 heavy (non-hydrogen) atoms. The van der Waals surface area contributed by atoms with Crippen LogP contribution in [-0.4, -0.2) is 11.4 Å². The van der Waals surface area contributed by atoms with Gasteiger partial charge in [0, 0.05) is 33.4 Å². The predicted molar refractivity (Wildman–Crippen MR) is 248 cm³/mol. The first-order chi connectivity index (χ1) is 28.4. The van der Waals surface area contributed by atoms with Crippen molar-refractivity contribution >= 4 is 87.5 Å². The largest absolute Gasteiger partial charge is 0.245 e. The van der Waals surface area contributed by atoms with E-state index in [1.807, 2.05) is 0 Å². The molecule has 12 rings (SSSR count). The van der Waals surface area contributed by atoms with Crippen LogP contribution in [-0.2, 0) is 0 Å². The standard InChI is InChI=1S/C56H38N2/c1-31-15-13-16-32(2)51(31)53-47-27-43-39-23-9-5-19-35(39)37-21-7-11-25-41(37)45(43)29-49(47)55(57-53)56-50-30-46-42-26-12-8-22-38(42)36-20-6-10-24-40(36)44(46)28-48(50)54(58-56)52-33(3)17-14-18-34(52)4/h5-30H,1-4H3/b56-55+. The van der Waals surface area contributed by atoms with Crippen LogP contribution in [0.3, 0.4) is 0 Å². The third-order valence-corrected chi connectivity index (χ3v) is 12.9. The molecule has 0 N–H and O–H groups in total. The summed E-state index contributed by atoms with van der Waals surface area (Å²) in [6, 6.07) is 58.2. The van der Waals surface area contributed by atoms with Crippen LogP contribution in [0.2, 0.25) is 0 Å². The molecule has 0 spiro atoms. The molecule has 0 aromatic heterocycles. The van der Waals surface area contributed by atoms with E-state index in [-0.39, 0.29) is 0 Å². The highest BCUT2D eigenvalue weighted by Crippen LogP contribution is 2.48. The average Bonchev–Trinajstić information content (AvgIpc) is 3.80. The van der Waals surface area contributed by atoms with Crippen LogP contribution in [0.15, 0.2) is 168 Å². The van der Waals surface area contributed by atoms with Crippen molar-refractivity contribution in [3.63, 3.8) is 0 Å². The lowest BCUT2D eigenvalue weighted by Gasteiger charge is -2.15. The minimum absolute atomic E-state index is 0.929. The van der Waals surface area contributed by atoms with E-state index >= 15 is 0 Å². The molecule has 272 valence electrons. The van der Waals surface area contributed by atoms with Crippen molar-refractivity contribution in [1.29, 1.82) is 0 Å². The summed E-state index contributed by atoms with van der Waals surface area (Å²) in [6.45, 7) is 8.85. The van der Waals surface area contributed by atoms with Crippen LogP contribution in [0.5, 0.6) is 0 Å². The molecule has 2 heterocycles. The molecular weight excluding hydrogens is 701 g/mol. The fraction of sp³-hybridized carbons (Fsp3) is 0.0714. The first kappa shape index (κ1) is 33.0. The fourth-order valence-corrected chi connectivity index (χ4v) is 10.3. The van der Waals surface area contributed by atoms with E-state index in [4.69, 9.17) is 9.98 Å². The summed E-state index contributed by atoms with van der Waals surface area (Å²) in [5, 5.41) is 15.0. The number of fused-ring (bicyclic) bond motifs is 14. The highest BCUT2D eigenvalue weighted by Gasteiger charge is 2.33. The number of nitrogens with zero attached hydrogens (tertiary/aromatic N) is 2. The zero-order valence-corrected chi connectivity index (χ0v) is 32.9. The number of aryl methyl sites for hydroxylation is 4. The van der Waals surface area contributed by atoms with Gasteiger partial charge in [0.25, 0.3) is 0 Å². The van der Waals surface area contributed by atoms with E-state index in [0.717, 1.165) is 45.1 Å². The van der Waals surface area contributed by atoms with Crippen molar-refractivity contribution < 1.29 is 0 Å². The molecule has 0 saturated heterocycles. The summed E-state index contributed by atoms with van der Waals surface area (Å²) in [5.41, 5.74) is 15.7. The molecule has 0 saturated carbocycles. The summed E-state index contributed by atoms with van der Waals surface area (Å²) in [6.07, 6.45) is 0.